The summed E-state index contributed by atoms with van der Waals surface area (Å²) in [5.74, 6) is 1.40. The Kier molecular flexibility index (Phi) is 4.06. The lowest BCUT2D eigenvalue weighted by atomic mass is 10.00. The van der Waals surface area contributed by atoms with Gasteiger partial charge in [-0.2, -0.15) is 0 Å². The maximum absolute atomic E-state index is 6.53. The number of alkyl halides is 1. The van der Waals surface area contributed by atoms with E-state index in [1.54, 1.807) is 6.07 Å². The highest BCUT2D eigenvalue weighted by molar-refractivity contribution is 6.33. The third kappa shape index (κ3) is 2.78. The van der Waals surface area contributed by atoms with Crippen molar-refractivity contribution < 1.29 is 14.2 Å². The average molecular weight is 303 g/mol. The second-order valence-electron chi connectivity index (χ2n) is 4.82. The highest BCUT2D eigenvalue weighted by atomic mass is 35.5. The molecule has 0 bridgehead atoms. The summed E-state index contributed by atoms with van der Waals surface area (Å²) in [5.41, 5.74) is 0.861. The Balaban J connectivity index is 1.86. The van der Waals surface area contributed by atoms with E-state index in [2.05, 4.69) is 0 Å². The molecule has 1 fully saturated rings. The zero-order valence-corrected chi connectivity index (χ0v) is 12.0. The van der Waals surface area contributed by atoms with E-state index < -0.39 is 0 Å². The lowest BCUT2D eigenvalue weighted by Crippen LogP contribution is -2.24. The zero-order valence-electron chi connectivity index (χ0n) is 10.5. The highest BCUT2D eigenvalue weighted by Gasteiger charge is 2.27. The topological polar surface area (TPSA) is 27.7 Å². The van der Waals surface area contributed by atoms with Crippen LogP contribution < -0.4 is 9.47 Å². The Hall–Kier alpha value is -0.640. The number of rotatable bonds is 2. The van der Waals surface area contributed by atoms with Crippen LogP contribution in [0.15, 0.2) is 12.1 Å². The summed E-state index contributed by atoms with van der Waals surface area (Å²) in [6, 6.07) is 3.66. The third-order valence-electron chi connectivity index (χ3n) is 3.50. The van der Waals surface area contributed by atoms with Gasteiger partial charge in [0.25, 0.3) is 0 Å². The summed E-state index contributed by atoms with van der Waals surface area (Å²) in [6.45, 7) is 1.88. The Morgan fingerprint density at radius 2 is 1.79 bits per heavy atom. The zero-order chi connectivity index (χ0) is 13.2. The molecule has 1 aromatic rings. The van der Waals surface area contributed by atoms with Gasteiger partial charge in [-0.3, -0.25) is 0 Å². The first-order valence-electron chi connectivity index (χ1n) is 6.60. The van der Waals surface area contributed by atoms with Crippen LogP contribution in [0, 0.1) is 0 Å². The van der Waals surface area contributed by atoms with Crippen molar-refractivity contribution in [3.05, 3.63) is 22.7 Å². The van der Waals surface area contributed by atoms with Gasteiger partial charge in [-0.15, -0.1) is 11.6 Å². The van der Waals surface area contributed by atoms with Crippen LogP contribution in [0.5, 0.6) is 11.5 Å². The van der Waals surface area contributed by atoms with Crippen molar-refractivity contribution in [2.45, 2.75) is 30.7 Å². The number of benzene rings is 1. The fourth-order valence-corrected chi connectivity index (χ4v) is 3.19. The number of hydrogen-bond donors (Lipinski definition) is 0. The van der Waals surface area contributed by atoms with Gasteiger partial charge in [0, 0.05) is 17.7 Å². The molecular weight excluding hydrogens is 287 g/mol. The van der Waals surface area contributed by atoms with Crippen LogP contribution in [-0.2, 0) is 4.74 Å². The fraction of sp³-hybridized carbons (Fsp3) is 0.571. The van der Waals surface area contributed by atoms with Crippen molar-refractivity contribution >= 4 is 23.2 Å². The molecule has 0 amide bonds. The van der Waals surface area contributed by atoms with E-state index in [1.165, 1.54) is 0 Å². The molecule has 0 radical (unpaired) electrons. The van der Waals surface area contributed by atoms with Crippen molar-refractivity contribution in [3.8, 4) is 11.5 Å². The molecule has 1 saturated heterocycles. The van der Waals surface area contributed by atoms with Crippen molar-refractivity contribution in [1.29, 1.82) is 0 Å². The number of halogens is 2. The van der Waals surface area contributed by atoms with Crippen LogP contribution in [0.4, 0.5) is 0 Å². The molecule has 0 spiro atoms. The van der Waals surface area contributed by atoms with Gasteiger partial charge in [-0.25, -0.2) is 0 Å². The summed E-state index contributed by atoms with van der Waals surface area (Å²) in [4.78, 5) is 0. The summed E-state index contributed by atoms with van der Waals surface area (Å²) in [6.07, 6.45) is 3.25. The standard InChI is InChI=1S/C14H16Cl2O3/c15-10-8-13-12(18-5-6-19-13)7-9(10)14(16)11-3-1-2-4-17-11/h7-8,11,14H,1-6H2. The van der Waals surface area contributed by atoms with Crippen molar-refractivity contribution in [3.63, 3.8) is 0 Å². The summed E-state index contributed by atoms with van der Waals surface area (Å²) < 4.78 is 16.8. The molecule has 2 aliphatic heterocycles. The van der Waals surface area contributed by atoms with Crippen molar-refractivity contribution in [2.75, 3.05) is 19.8 Å². The minimum Gasteiger partial charge on any atom is -0.486 e. The van der Waals surface area contributed by atoms with E-state index >= 15 is 0 Å². The normalized spacial score (nSPS) is 24.0. The van der Waals surface area contributed by atoms with Crippen molar-refractivity contribution in [2.24, 2.45) is 0 Å². The van der Waals surface area contributed by atoms with E-state index in [1.807, 2.05) is 6.07 Å². The molecule has 3 nitrogen and oxygen atoms in total. The van der Waals surface area contributed by atoms with Gasteiger partial charge in [0.05, 0.1) is 11.5 Å². The van der Waals surface area contributed by atoms with Crippen LogP contribution in [0.1, 0.15) is 30.2 Å². The second kappa shape index (κ2) is 5.78. The van der Waals surface area contributed by atoms with Crippen LogP contribution in [0.3, 0.4) is 0 Å². The molecule has 3 rings (SSSR count). The first kappa shape index (κ1) is 13.3. The molecule has 1 aromatic carbocycles. The van der Waals surface area contributed by atoms with E-state index in [0.29, 0.717) is 29.7 Å². The molecule has 104 valence electrons. The first-order chi connectivity index (χ1) is 9.25. The highest BCUT2D eigenvalue weighted by Crippen LogP contribution is 2.42. The first-order valence-corrected chi connectivity index (χ1v) is 7.42. The smallest absolute Gasteiger partial charge is 0.162 e. The van der Waals surface area contributed by atoms with E-state index in [4.69, 9.17) is 37.4 Å². The Bertz CT molecular complexity index is 458. The average Bonchev–Trinajstić information content (AvgIpc) is 2.47. The van der Waals surface area contributed by atoms with Crippen molar-refractivity contribution in [1.82, 2.24) is 0 Å². The summed E-state index contributed by atoms with van der Waals surface area (Å²) >= 11 is 12.8. The molecule has 0 aliphatic carbocycles. The predicted octanol–water partition coefficient (Wildman–Crippen LogP) is 3.96. The molecule has 5 heteroatoms. The van der Waals surface area contributed by atoms with E-state index in [0.717, 1.165) is 31.4 Å². The molecule has 2 aliphatic rings. The maximum Gasteiger partial charge on any atom is 0.162 e. The monoisotopic (exact) mass is 302 g/mol. The number of hydrogen-bond acceptors (Lipinski definition) is 3. The van der Waals surface area contributed by atoms with Gasteiger partial charge in [-0.1, -0.05) is 11.6 Å². The fourth-order valence-electron chi connectivity index (χ4n) is 2.49. The second-order valence-corrected chi connectivity index (χ2v) is 5.70. The molecule has 2 atom stereocenters. The van der Waals surface area contributed by atoms with E-state index in [9.17, 15) is 0 Å². The third-order valence-corrected chi connectivity index (χ3v) is 4.34. The largest absolute Gasteiger partial charge is 0.486 e. The predicted molar refractivity (Wildman–Crippen MR) is 74.6 cm³/mol. The Morgan fingerprint density at radius 1 is 1.05 bits per heavy atom. The SMILES string of the molecule is Clc1cc2c(cc1C(Cl)C1CCCCO1)OCCO2. The van der Waals surface area contributed by atoms with Gasteiger partial charge in [0.1, 0.15) is 13.2 Å². The summed E-state index contributed by atoms with van der Waals surface area (Å²) in [5, 5.41) is 0.363. The summed E-state index contributed by atoms with van der Waals surface area (Å²) in [7, 11) is 0. The van der Waals surface area contributed by atoms with Crippen LogP contribution in [0.2, 0.25) is 5.02 Å². The molecule has 2 heterocycles. The minimum absolute atomic E-state index is 0.0236. The molecule has 0 N–H and O–H groups in total. The Morgan fingerprint density at radius 3 is 2.47 bits per heavy atom. The maximum atomic E-state index is 6.53. The van der Waals surface area contributed by atoms with Crippen LogP contribution in [0.25, 0.3) is 0 Å². The quantitative estimate of drug-likeness (QED) is 0.774. The lowest BCUT2D eigenvalue weighted by Gasteiger charge is -2.28. The molecular formula is C14H16Cl2O3. The number of fused-ring (bicyclic) bond motifs is 1. The molecule has 0 aromatic heterocycles. The van der Waals surface area contributed by atoms with Gasteiger partial charge < -0.3 is 14.2 Å². The molecule has 19 heavy (non-hydrogen) atoms. The van der Waals surface area contributed by atoms with Crippen LogP contribution >= 0.6 is 23.2 Å². The van der Waals surface area contributed by atoms with Gasteiger partial charge in [0.15, 0.2) is 11.5 Å². The Labute approximate surface area is 122 Å². The number of ether oxygens (including phenoxy) is 3. The van der Waals surface area contributed by atoms with Gasteiger partial charge >= 0.3 is 0 Å². The minimum atomic E-state index is -0.247. The van der Waals surface area contributed by atoms with Gasteiger partial charge in [-0.05, 0) is 30.9 Å². The van der Waals surface area contributed by atoms with Crippen LogP contribution in [-0.4, -0.2) is 25.9 Å². The van der Waals surface area contributed by atoms with Gasteiger partial charge in [0.2, 0.25) is 0 Å². The lowest BCUT2D eigenvalue weighted by molar-refractivity contribution is 0.0135. The van der Waals surface area contributed by atoms with E-state index in [-0.39, 0.29) is 11.5 Å². The molecule has 2 unspecified atom stereocenters. The molecule has 0 saturated carbocycles.